The van der Waals surface area contributed by atoms with Gasteiger partial charge in [0.1, 0.15) is 17.9 Å². The number of hydrogen-bond donors (Lipinski definition) is 1. The molecule has 1 unspecified atom stereocenters. The SMILES string of the molecule is CC(C)c1ccccc1N1C(=NC(=O)N/C=C(\F)c2ccc(-c3ncn(-c4ccc(OC(F)(F)F)cc4)n3)cc2)SCCC1C. The van der Waals surface area contributed by atoms with Crippen LogP contribution in [0.4, 0.5) is 28.0 Å². The minimum absolute atomic E-state index is 0.141. The van der Waals surface area contributed by atoms with Crippen LogP contribution in [0.5, 0.6) is 5.75 Å². The van der Waals surface area contributed by atoms with E-state index in [1.165, 1.54) is 59.2 Å². The Morgan fingerprint density at radius 3 is 2.49 bits per heavy atom. The van der Waals surface area contributed by atoms with Crippen LogP contribution in [0, 0.1) is 0 Å². The third-order valence-corrected chi connectivity index (χ3v) is 7.98. The third-order valence-electron chi connectivity index (χ3n) is 7.00. The summed E-state index contributed by atoms with van der Waals surface area (Å²) in [4.78, 5) is 23.4. The largest absolute Gasteiger partial charge is 0.573 e. The molecule has 2 amide bonds. The van der Waals surface area contributed by atoms with Crippen molar-refractivity contribution in [3.05, 3.63) is 96.5 Å². The molecule has 1 aliphatic heterocycles. The van der Waals surface area contributed by atoms with Gasteiger partial charge in [0.15, 0.2) is 11.0 Å². The second kappa shape index (κ2) is 13.6. The average Bonchev–Trinajstić information content (AvgIpc) is 3.50. The number of amidine groups is 1. The molecule has 1 fully saturated rings. The average molecular weight is 639 g/mol. The number of benzene rings is 3. The zero-order valence-corrected chi connectivity index (χ0v) is 25.4. The minimum Gasteiger partial charge on any atom is -0.406 e. The molecular weight excluding hydrogens is 608 g/mol. The Morgan fingerprint density at radius 1 is 1.09 bits per heavy atom. The quantitative estimate of drug-likeness (QED) is 0.205. The van der Waals surface area contributed by atoms with E-state index >= 15 is 0 Å². The fourth-order valence-electron chi connectivity index (χ4n) is 4.76. The van der Waals surface area contributed by atoms with Crippen molar-refractivity contribution in [2.24, 2.45) is 4.99 Å². The van der Waals surface area contributed by atoms with Crippen LogP contribution in [-0.4, -0.2) is 44.1 Å². The number of hydrogen-bond acceptors (Lipinski definition) is 5. The molecule has 234 valence electrons. The minimum atomic E-state index is -4.78. The summed E-state index contributed by atoms with van der Waals surface area (Å²) in [5.74, 6) is 0.418. The number of nitrogens with zero attached hydrogens (tertiary/aromatic N) is 5. The van der Waals surface area contributed by atoms with Gasteiger partial charge in [-0.05, 0) is 55.2 Å². The first-order chi connectivity index (χ1) is 21.5. The van der Waals surface area contributed by atoms with Crippen LogP contribution in [-0.2, 0) is 0 Å². The highest BCUT2D eigenvalue weighted by Crippen LogP contribution is 2.34. The number of aliphatic imine (C=N–C) groups is 1. The lowest BCUT2D eigenvalue weighted by Crippen LogP contribution is -2.42. The molecule has 0 spiro atoms. The van der Waals surface area contributed by atoms with Crippen molar-refractivity contribution in [2.45, 2.75) is 45.5 Å². The summed E-state index contributed by atoms with van der Waals surface area (Å²) in [7, 11) is 0. The molecule has 0 saturated carbocycles. The molecule has 1 aliphatic rings. The first-order valence-corrected chi connectivity index (χ1v) is 15.1. The zero-order valence-electron chi connectivity index (χ0n) is 24.6. The molecule has 3 aromatic carbocycles. The molecular formula is C32H30F4N6O2S. The van der Waals surface area contributed by atoms with E-state index in [-0.39, 0.29) is 23.3 Å². The van der Waals surface area contributed by atoms with Crippen molar-refractivity contribution in [2.75, 3.05) is 10.7 Å². The lowest BCUT2D eigenvalue weighted by molar-refractivity contribution is -0.274. The molecule has 13 heteroatoms. The van der Waals surface area contributed by atoms with E-state index in [1.807, 2.05) is 18.2 Å². The molecule has 2 heterocycles. The van der Waals surface area contributed by atoms with E-state index in [1.54, 1.807) is 12.1 Å². The molecule has 1 saturated heterocycles. The van der Waals surface area contributed by atoms with Crippen LogP contribution in [0.1, 0.15) is 44.2 Å². The maximum atomic E-state index is 15.0. The smallest absolute Gasteiger partial charge is 0.406 e. The Labute approximate surface area is 261 Å². The highest BCUT2D eigenvalue weighted by atomic mass is 32.2. The van der Waals surface area contributed by atoms with Crippen LogP contribution < -0.4 is 15.0 Å². The number of aromatic nitrogens is 3. The third kappa shape index (κ3) is 7.90. The van der Waals surface area contributed by atoms with Crippen molar-refractivity contribution >= 4 is 34.5 Å². The van der Waals surface area contributed by atoms with Gasteiger partial charge in [-0.1, -0.05) is 68.1 Å². The summed E-state index contributed by atoms with van der Waals surface area (Å²) in [5.41, 5.74) is 3.45. The Balaban J connectivity index is 1.25. The molecule has 1 N–H and O–H groups in total. The van der Waals surface area contributed by atoms with Gasteiger partial charge in [0.05, 0.1) is 5.69 Å². The highest BCUT2D eigenvalue weighted by Gasteiger charge is 2.31. The van der Waals surface area contributed by atoms with E-state index < -0.39 is 18.2 Å². The van der Waals surface area contributed by atoms with Gasteiger partial charge in [-0.15, -0.1) is 18.3 Å². The summed E-state index contributed by atoms with van der Waals surface area (Å²) in [5, 5.41) is 7.35. The second-order valence-electron chi connectivity index (χ2n) is 10.5. The van der Waals surface area contributed by atoms with Crippen molar-refractivity contribution in [3.63, 3.8) is 0 Å². The first kappa shape index (κ1) is 31.8. The van der Waals surface area contributed by atoms with Gasteiger partial charge < -0.3 is 15.0 Å². The number of alkyl halides is 3. The van der Waals surface area contributed by atoms with Crippen molar-refractivity contribution in [1.29, 1.82) is 0 Å². The molecule has 0 aliphatic carbocycles. The number of carbonyl (C=O) groups is 1. The molecule has 8 nitrogen and oxygen atoms in total. The van der Waals surface area contributed by atoms with Crippen LogP contribution in [0.25, 0.3) is 22.9 Å². The number of amides is 2. The van der Waals surface area contributed by atoms with Crippen LogP contribution in [0.2, 0.25) is 0 Å². The van der Waals surface area contributed by atoms with Gasteiger partial charge in [-0.3, -0.25) is 0 Å². The number of anilines is 1. The maximum absolute atomic E-state index is 15.0. The lowest BCUT2D eigenvalue weighted by atomic mass is 9.99. The Hall–Kier alpha value is -4.65. The van der Waals surface area contributed by atoms with Gasteiger partial charge in [-0.2, -0.15) is 4.99 Å². The van der Waals surface area contributed by atoms with Gasteiger partial charge in [0, 0.05) is 34.8 Å². The number of ether oxygens (including phenoxy) is 1. The molecule has 1 atom stereocenters. The summed E-state index contributed by atoms with van der Waals surface area (Å²) in [6, 6.07) is 19.0. The number of carbonyl (C=O) groups excluding carboxylic acids is 1. The van der Waals surface area contributed by atoms with Gasteiger partial charge in [-0.25, -0.2) is 18.9 Å². The predicted molar refractivity (Wildman–Crippen MR) is 168 cm³/mol. The zero-order chi connectivity index (χ0) is 32.1. The molecule has 45 heavy (non-hydrogen) atoms. The lowest BCUT2D eigenvalue weighted by Gasteiger charge is -2.37. The normalized spacial score (nSPS) is 16.7. The topological polar surface area (TPSA) is 84.6 Å². The number of halogens is 4. The highest BCUT2D eigenvalue weighted by molar-refractivity contribution is 8.14. The number of nitrogens with one attached hydrogen (secondary N) is 1. The molecule has 1 aromatic heterocycles. The molecule has 0 bridgehead atoms. The van der Waals surface area contributed by atoms with Gasteiger partial charge in [0.2, 0.25) is 0 Å². The fraction of sp³-hybridized carbons (Fsp3) is 0.250. The second-order valence-corrected chi connectivity index (χ2v) is 11.6. The van der Waals surface area contributed by atoms with Crippen molar-refractivity contribution in [3.8, 4) is 22.8 Å². The van der Waals surface area contributed by atoms with Gasteiger partial charge >= 0.3 is 12.4 Å². The summed E-state index contributed by atoms with van der Waals surface area (Å²) < 4.78 is 57.5. The van der Waals surface area contributed by atoms with Gasteiger partial charge in [0.25, 0.3) is 0 Å². The first-order valence-electron chi connectivity index (χ1n) is 14.1. The van der Waals surface area contributed by atoms with Crippen molar-refractivity contribution in [1.82, 2.24) is 20.1 Å². The Kier molecular flexibility index (Phi) is 9.57. The standard InChI is InChI=1S/C32H30F4N6O2S/c1-20(2)26-6-4-5-7-28(26)42-21(3)16-17-45-31(42)39-30(43)37-18-27(33)22-8-10-23(11-9-22)29-38-19-41(40-29)24-12-14-25(15-13-24)44-32(34,35)36/h4-15,18-21H,16-17H2,1-3H3,(H,37,43)/b27-18-,39-31?. The van der Waals surface area contributed by atoms with E-state index in [4.69, 9.17) is 0 Å². The fourth-order valence-corrected chi connectivity index (χ4v) is 5.96. The van der Waals surface area contributed by atoms with Crippen molar-refractivity contribution < 1.29 is 27.1 Å². The maximum Gasteiger partial charge on any atom is 0.573 e. The predicted octanol–water partition coefficient (Wildman–Crippen LogP) is 8.32. The van der Waals surface area contributed by atoms with E-state index in [9.17, 15) is 22.4 Å². The van der Waals surface area contributed by atoms with Crippen LogP contribution >= 0.6 is 11.8 Å². The number of urea groups is 1. The molecule has 0 radical (unpaired) electrons. The molecule has 5 rings (SSSR count). The molecule has 4 aromatic rings. The van der Waals surface area contributed by atoms with Crippen LogP contribution in [0.3, 0.4) is 0 Å². The van der Waals surface area contributed by atoms with E-state index in [2.05, 4.69) is 56.9 Å². The Morgan fingerprint density at radius 2 is 1.80 bits per heavy atom. The summed E-state index contributed by atoms with van der Waals surface area (Å²) in [6.45, 7) is 6.34. The number of thioether (sulfide) groups is 1. The number of rotatable bonds is 7. The van der Waals surface area contributed by atoms with E-state index in [0.717, 1.165) is 29.6 Å². The monoisotopic (exact) mass is 638 g/mol. The number of para-hydroxylation sites is 1. The Bertz CT molecular complexity index is 1700. The summed E-state index contributed by atoms with van der Waals surface area (Å²) in [6.07, 6.45) is -1.46. The van der Waals surface area contributed by atoms with E-state index in [0.29, 0.717) is 22.2 Å². The van der Waals surface area contributed by atoms with Crippen LogP contribution in [0.15, 0.2) is 90.3 Å². The summed E-state index contributed by atoms with van der Waals surface area (Å²) >= 11 is 1.49.